The molecule has 1 unspecified atom stereocenters. The number of unbranched alkanes of at least 4 members (excludes halogenated alkanes) is 24. The van der Waals surface area contributed by atoms with Gasteiger partial charge in [-0.3, -0.25) is 9.59 Å². The minimum Gasteiger partial charge on any atom is -0.504 e. The van der Waals surface area contributed by atoms with Crippen molar-refractivity contribution in [3.8, 4) is 17.2 Å². The summed E-state index contributed by atoms with van der Waals surface area (Å²) in [6.07, 6.45) is 30.8. The number of phenolic OH excluding ortho intramolecular Hbond substituents is 3. The number of aromatic hydroxyl groups is 3. The molecule has 0 saturated carbocycles. The molecule has 51 heavy (non-hydrogen) atoms. The Hall–Kier alpha value is -2.97. The van der Waals surface area contributed by atoms with E-state index in [9.17, 15) is 29.7 Å². The lowest BCUT2D eigenvalue weighted by Crippen LogP contribution is -2.31. The number of esters is 3. The summed E-state index contributed by atoms with van der Waals surface area (Å²) in [4.78, 5) is 37.7. The topological polar surface area (TPSA) is 140 Å². The van der Waals surface area contributed by atoms with Gasteiger partial charge in [0, 0.05) is 12.8 Å². The molecule has 1 aromatic rings. The summed E-state index contributed by atoms with van der Waals surface area (Å²) < 4.78 is 16.2. The van der Waals surface area contributed by atoms with Gasteiger partial charge in [0.15, 0.2) is 23.4 Å². The van der Waals surface area contributed by atoms with Crippen LogP contribution in [0.4, 0.5) is 0 Å². The van der Waals surface area contributed by atoms with Crippen molar-refractivity contribution >= 4 is 17.9 Å². The average Bonchev–Trinajstić information content (AvgIpc) is 3.11. The van der Waals surface area contributed by atoms with E-state index < -0.39 is 41.3 Å². The number of hydrogen-bond donors (Lipinski definition) is 3. The van der Waals surface area contributed by atoms with Crippen LogP contribution < -0.4 is 0 Å². The van der Waals surface area contributed by atoms with Crippen molar-refractivity contribution in [3.05, 3.63) is 17.7 Å². The summed E-state index contributed by atoms with van der Waals surface area (Å²) in [5, 5.41) is 29.0. The normalized spacial score (nSPS) is 11.7. The molecule has 0 aromatic heterocycles. The van der Waals surface area contributed by atoms with Crippen LogP contribution in [0.25, 0.3) is 0 Å². The van der Waals surface area contributed by atoms with E-state index in [2.05, 4.69) is 13.8 Å². The SMILES string of the molecule is CCCCCCCCCCCCCCCC(=O)OCC(COC(=O)c1cc(O)c(O)c(O)c1)OC(=O)CCCCCCCCCCCCCCC. The van der Waals surface area contributed by atoms with Gasteiger partial charge in [-0.25, -0.2) is 4.79 Å². The first-order valence-corrected chi connectivity index (χ1v) is 20.6. The van der Waals surface area contributed by atoms with Gasteiger partial charge in [-0.2, -0.15) is 0 Å². The largest absolute Gasteiger partial charge is 0.504 e. The predicted molar refractivity (Wildman–Crippen MR) is 203 cm³/mol. The van der Waals surface area contributed by atoms with E-state index >= 15 is 0 Å². The first-order valence-electron chi connectivity index (χ1n) is 20.6. The van der Waals surface area contributed by atoms with Crippen molar-refractivity contribution in [2.75, 3.05) is 13.2 Å². The van der Waals surface area contributed by atoms with Gasteiger partial charge in [-0.15, -0.1) is 0 Å². The summed E-state index contributed by atoms with van der Waals surface area (Å²) in [6, 6.07) is 1.92. The van der Waals surface area contributed by atoms with E-state index in [0.717, 1.165) is 50.7 Å². The molecule has 0 aliphatic rings. The van der Waals surface area contributed by atoms with Crippen LogP contribution in [-0.2, 0) is 23.8 Å². The Bertz CT molecular complexity index is 1020. The lowest BCUT2D eigenvalue weighted by Gasteiger charge is -2.18. The maximum Gasteiger partial charge on any atom is 0.338 e. The first-order chi connectivity index (χ1) is 24.8. The van der Waals surface area contributed by atoms with Crippen LogP contribution in [-0.4, -0.2) is 52.5 Å². The number of carbonyl (C=O) groups excluding carboxylic acids is 3. The highest BCUT2D eigenvalue weighted by Gasteiger charge is 2.21. The molecule has 0 heterocycles. The molecule has 0 bridgehead atoms. The van der Waals surface area contributed by atoms with Crippen molar-refractivity contribution in [1.82, 2.24) is 0 Å². The first kappa shape index (κ1) is 46.1. The van der Waals surface area contributed by atoms with Gasteiger partial charge in [0.2, 0.25) is 0 Å². The van der Waals surface area contributed by atoms with Crippen LogP contribution >= 0.6 is 0 Å². The van der Waals surface area contributed by atoms with E-state index in [0.29, 0.717) is 6.42 Å². The smallest absolute Gasteiger partial charge is 0.338 e. The van der Waals surface area contributed by atoms with Gasteiger partial charge >= 0.3 is 17.9 Å². The third-order valence-electron chi connectivity index (χ3n) is 9.40. The lowest BCUT2D eigenvalue weighted by molar-refractivity contribution is -0.161. The van der Waals surface area contributed by atoms with E-state index in [1.165, 1.54) is 122 Å². The molecular formula is C42H72O9. The zero-order chi connectivity index (χ0) is 37.4. The van der Waals surface area contributed by atoms with Crippen molar-refractivity contribution in [3.63, 3.8) is 0 Å². The van der Waals surface area contributed by atoms with Crippen molar-refractivity contribution in [2.45, 2.75) is 200 Å². The molecule has 3 N–H and O–H groups in total. The van der Waals surface area contributed by atoms with E-state index in [1.807, 2.05) is 0 Å². The molecule has 0 radical (unpaired) electrons. The maximum absolute atomic E-state index is 12.7. The minimum absolute atomic E-state index is 0.195. The average molecular weight is 721 g/mol. The van der Waals surface area contributed by atoms with E-state index in [-0.39, 0.29) is 31.6 Å². The molecular weight excluding hydrogens is 648 g/mol. The van der Waals surface area contributed by atoms with Crippen molar-refractivity contribution in [2.24, 2.45) is 0 Å². The predicted octanol–water partition coefficient (Wildman–Crippen LogP) is 11.4. The molecule has 0 aliphatic carbocycles. The Kier molecular flexibility index (Phi) is 28.7. The number of benzene rings is 1. The Balaban J connectivity index is 2.36. The standard InChI is InChI=1S/C42H72O9/c1-3-5-7-9-11-13-15-17-19-21-23-25-27-29-39(45)49-33-36(34-50-42(48)35-31-37(43)41(47)38(44)32-35)51-40(46)30-28-26-24-22-20-18-16-14-12-10-8-6-4-2/h31-32,36,43-44,47H,3-30,33-34H2,1-2H3. The summed E-state index contributed by atoms with van der Waals surface area (Å²) in [5.41, 5.74) is -0.195. The quantitative estimate of drug-likeness (QED) is 0.0274. The highest BCUT2D eigenvalue weighted by Crippen LogP contribution is 2.35. The highest BCUT2D eigenvalue weighted by atomic mass is 16.6. The van der Waals surface area contributed by atoms with Crippen LogP contribution in [0.1, 0.15) is 204 Å². The van der Waals surface area contributed by atoms with E-state index in [4.69, 9.17) is 14.2 Å². The summed E-state index contributed by atoms with van der Waals surface area (Å²) in [6.45, 7) is 3.86. The molecule has 294 valence electrons. The van der Waals surface area contributed by atoms with Crippen molar-refractivity contribution < 1.29 is 43.9 Å². The van der Waals surface area contributed by atoms with Crippen LogP contribution in [0.2, 0.25) is 0 Å². The summed E-state index contributed by atoms with van der Waals surface area (Å²) >= 11 is 0. The maximum atomic E-state index is 12.7. The van der Waals surface area contributed by atoms with Gasteiger partial charge in [0.05, 0.1) is 5.56 Å². The zero-order valence-electron chi connectivity index (χ0n) is 32.2. The van der Waals surface area contributed by atoms with Crippen LogP contribution in [0.5, 0.6) is 17.2 Å². The summed E-state index contributed by atoms with van der Waals surface area (Å²) in [7, 11) is 0. The minimum atomic E-state index is -1.00. The molecule has 0 aliphatic heterocycles. The van der Waals surface area contributed by atoms with Gasteiger partial charge in [-0.05, 0) is 25.0 Å². The third-order valence-corrected chi connectivity index (χ3v) is 9.40. The molecule has 1 aromatic carbocycles. The molecule has 9 nitrogen and oxygen atoms in total. The van der Waals surface area contributed by atoms with Gasteiger partial charge in [-0.1, -0.05) is 168 Å². The molecule has 0 fully saturated rings. The molecule has 0 amide bonds. The Labute approximate surface area is 309 Å². The van der Waals surface area contributed by atoms with Gasteiger partial charge in [0.1, 0.15) is 13.2 Å². The molecule has 1 rings (SSSR count). The number of phenols is 3. The molecule has 0 spiro atoms. The second kappa shape index (κ2) is 31.7. The Morgan fingerprint density at radius 2 is 0.824 bits per heavy atom. The fourth-order valence-electron chi connectivity index (χ4n) is 6.17. The Morgan fingerprint density at radius 3 is 1.22 bits per heavy atom. The zero-order valence-corrected chi connectivity index (χ0v) is 32.2. The molecule has 9 heteroatoms. The van der Waals surface area contributed by atoms with Crippen LogP contribution in [0.3, 0.4) is 0 Å². The third kappa shape index (κ3) is 25.6. The monoisotopic (exact) mass is 721 g/mol. The number of hydrogen-bond acceptors (Lipinski definition) is 9. The van der Waals surface area contributed by atoms with E-state index in [1.54, 1.807) is 0 Å². The lowest BCUT2D eigenvalue weighted by atomic mass is 10.0. The molecule has 1 atom stereocenters. The van der Waals surface area contributed by atoms with Crippen molar-refractivity contribution in [1.29, 1.82) is 0 Å². The van der Waals surface area contributed by atoms with Gasteiger partial charge in [0.25, 0.3) is 0 Å². The fourth-order valence-corrected chi connectivity index (χ4v) is 6.17. The Morgan fingerprint density at radius 1 is 0.490 bits per heavy atom. The number of carbonyl (C=O) groups is 3. The highest BCUT2D eigenvalue weighted by molar-refractivity contribution is 5.91. The fraction of sp³-hybridized carbons (Fsp3) is 0.786. The number of ether oxygens (including phenoxy) is 3. The second-order valence-electron chi connectivity index (χ2n) is 14.2. The van der Waals surface area contributed by atoms with Crippen LogP contribution in [0.15, 0.2) is 12.1 Å². The summed E-state index contributed by atoms with van der Waals surface area (Å²) in [5.74, 6) is -3.85. The van der Waals surface area contributed by atoms with Gasteiger partial charge < -0.3 is 29.5 Å². The second-order valence-corrected chi connectivity index (χ2v) is 14.2. The van der Waals surface area contributed by atoms with Crippen LogP contribution in [0, 0.1) is 0 Å². The molecule has 0 saturated heterocycles. The number of rotatable bonds is 34.